The van der Waals surface area contributed by atoms with Crippen LogP contribution in [0.5, 0.6) is 5.75 Å². The number of nitrogens with zero attached hydrogens (tertiary/aromatic N) is 6. The molecule has 310 valence electrons. The number of thiocarbonyl (C=S) groups is 1. The Bertz CT molecular complexity index is 2220. The van der Waals surface area contributed by atoms with Gasteiger partial charge in [0.1, 0.15) is 24.0 Å². The van der Waals surface area contributed by atoms with Gasteiger partial charge in [-0.25, -0.2) is 4.98 Å². The lowest BCUT2D eigenvalue weighted by Crippen LogP contribution is -2.55. The maximum Gasteiger partial charge on any atom is 0.419 e. The van der Waals surface area contributed by atoms with E-state index < -0.39 is 28.9 Å². The normalized spacial score (nSPS) is 19.8. The Morgan fingerprint density at radius 2 is 1.78 bits per heavy atom. The summed E-state index contributed by atoms with van der Waals surface area (Å²) < 4.78 is 47.7. The predicted octanol–water partition coefficient (Wildman–Crippen LogP) is 5.65. The molecule has 17 heteroatoms. The highest BCUT2D eigenvalue weighted by atomic mass is 35.5. The van der Waals surface area contributed by atoms with Gasteiger partial charge in [-0.2, -0.15) is 18.4 Å². The zero-order valence-corrected chi connectivity index (χ0v) is 34.0. The van der Waals surface area contributed by atoms with Crippen LogP contribution in [0.1, 0.15) is 67.0 Å². The van der Waals surface area contributed by atoms with Gasteiger partial charge in [0, 0.05) is 62.2 Å². The maximum atomic E-state index is 13.9. The Hall–Kier alpha value is -4.95. The van der Waals surface area contributed by atoms with Crippen molar-refractivity contribution in [1.29, 1.82) is 5.26 Å². The highest BCUT2D eigenvalue weighted by Crippen LogP contribution is 2.49. The zero-order chi connectivity index (χ0) is 42.1. The number of ketones is 1. The highest BCUT2D eigenvalue weighted by molar-refractivity contribution is 7.81. The number of ether oxygens (including phenoxy) is 1. The molecule has 3 saturated heterocycles. The molecule has 1 aromatic heterocycles. The van der Waals surface area contributed by atoms with E-state index in [2.05, 4.69) is 20.1 Å². The first-order chi connectivity index (χ1) is 28.2. The quantitative estimate of drug-likeness (QED) is 0.169. The maximum absolute atomic E-state index is 13.9. The fourth-order valence-corrected chi connectivity index (χ4v) is 9.10. The van der Waals surface area contributed by atoms with Crippen molar-refractivity contribution in [2.45, 2.75) is 70.0 Å². The molecule has 1 N–H and O–H groups in total. The molecule has 3 aromatic rings. The number of aromatic nitrogens is 1. The second kappa shape index (κ2) is 17.3. The summed E-state index contributed by atoms with van der Waals surface area (Å²) in [5.74, 6) is -0.505. The fraction of sp³-hybridized carbons (Fsp3) is 0.452. The number of imide groups is 1. The Balaban J connectivity index is 0.915. The van der Waals surface area contributed by atoms with Crippen molar-refractivity contribution < 1.29 is 37.1 Å². The van der Waals surface area contributed by atoms with Crippen LogP contribution < -0.4 is 19.9 Å². The van der Waals surface area contributed by atoms with Crippen LogP contribution in [0.25, 0.3) is 0 Å². The molecule has 3 aliphatic heterocycles. The van der Waals surface area contributed by atoms with E-state index in [0.717, 1.165) is 66.5 Å². The van der Waals surface area contributed by atoms with Gasteiger partial charge in [0.25, 0.3) is 5.91 Å². The lowest BCUT2D eigenvalue weighted by atomic mass is 9.75. The van der Waals surface area contributed by atoms with E-state index in [1.165, 1.54) is 6.07 Å². The van der Waals surface area contributed by atoms with Crippen LogP contribution in [0.15, 0.2) is 48.7 Å². The lowest BCUT2D eigenvalue weighted by Gasteiger charge is -2.43. The summed E-state index contributed by atoms with van der Waals surface area (Å²) in [6, 6.07) is 13.3. The summed E-state index contributed by atoms with van der Waals surface area (Å²) in [6.45, 7) is 6.37. The van der Waals surface area contributed by atoms with Gasteiger partial charge < -0.3 is 9.64 Å². The molecule has 1 spiro atoms. The minimum Gasteiger partial charge on any atom is -0.492 e. The first-order valence-corrected chi connectivity index (χ1v) is 20.5. The first-order valence-electron chi connectivity index (χ1n) is 19.7. The summed E-state index contributed by atoms with van der Waals surface area (Å²) in [5, 5.41) is 12.2. The van der Waals surface area contributed by atoms with E-state index in [4.69, 9.17) is 28.6 Å². The third-order valence-electron chi connectivity index (χ3n) is 11.6. The van der Waals surface area contributed by atoms with E-state index in [-0.39, 0.29) is 40.7 Å². The molecule has 3 amide bonds. The van der Waals surface area contributed by atoms with Crippen molar-refractivity contribution in [3.63, 3.8) is 0 Å². The van der Waals surface area contributed by atoms with Gasteiger partial charge in [0.2, 0.25) is 11.8 Å². The first kappa shape index (κ1) is 42.2. The molecular formula is C42H43ClF3N7O5S. The van der Waals surface area contributed by atoms with Crippen LogP contribution in [-0.2, 0) is 44.6 Å². The van der Waals surface area contributed by atoms with E-state index in [1.54, 1.807) is 17.0 Å². The number of piperidine rings is 1. The summed E-state index contributed by atoms with van der Waals surface area (Å²) in [4.78, 5) is 61.8. The predicted molar refractivity (Wildman–Crippen MR) is 217 cm³/mol. The SMILES string of the molecule is CCc1cc(N2C(=S)N(c3cnc(C#N)c(C(F)(F)F)c3)C(=O)C23CCC3)ccc1OCCN1CCN(CC(=O)Cc2cc(Cl)cc(CC3CCC(=O)NC3=O)c2)CC1. The smallest absolute Gasteiger partial charge is 0.419 e. The number of pyridine rings is 1. The standard InChI is InChI=1S/C42H43ClF3N7O5S/c1-2-28-21-31(53-40(59)52(39(57)41(53)8-3-9-41)32-22-34(42(44,45)46)35(23-47)48-24-32)5-6-36(28)58-15-14-50-10-12-51(13-11-50)25-33(54)20-27-16-26(18-30(43)19-27)17-29-4-7-37(55)49-38(29)56/h5-6,16,18-19,21-22,24,29H,2-4,7-15,17,20,25H2,1H3,(H,49,55,56). The van der Waals surface area contributed by atoms with Crippen molar-refractivity contribution in [2.24, 2.45) is 5.92 Å². The van der Waals surface area contributed by atoms with E-state index in [0.29, 0.717) is 74.7 Å². The van der Waals surface area contributed by atoms with Crippen molar-refractivity contribution >= 4 is 63.8 Å². The number of hydrogen-bond acceptors (Lipinski definition) is 10. The molecule has 0 bridgehead atoms. The third-order valence-corrected chi connectivity index (χ3v) is 12.2. The number of nitriles is 1. The Morgan fingerprint density at radius 1 is 1.05 bits per heavy atom. The number of nitrogens with one attached hydrogen (secondary N) is 1. The molecule has 2 aromatic carbocycles. The molecule has 1 unspecified atom stereocenters. The molecule has 59 heavy (non-hydrogen) atoms. The summed E-state index contributed by atoms with van der Waals surface area (Å²) >= 11 is 12.2. The Morgan fingerprint density at radius 3 is 2.44 bits per heavy atom. The number of hydrogen-bond donors (Lipinski definition) is 1. The number of amides is 3. The fourth-order valence-electron chi connectivity index (χ4n) is 8.35. The molecule has 1 saturated carbocycles. The summed E-state index contributed by atoms with van der Waals surface area (Å²) in [7, 11) is 0. The van der Waals surface area contributed by atoms with Crippen LogP contribution in [0.3, 0.4) is 0 Å². The van der Waals surface area contributed by atoms with Gasteiger partial charge in [-0.1, -0.05) is 24.6 Å². The molecule has 0 radical (unpaired) electrons. The number of benzene rings is 2. The van der Waals surface area contributed by atoms with Gasteiger partial charge in [-0.15, -0.1) is 0 Å². The third kappa shape index (κ3) is 8.98. The molecule has 12 nitrogen and oxygen atoms in total. The van der Waals surface area contributed by atoms with Crippen LogP contribution in [0.2, 0.25) is 5.02 Å². The number of piperazine rings is 1. The van der Waals surface area contributed by atoms with Gasteiger partial charge in [0.15, 0.2) is 16.6 Å². The van der Waals surface area contributed by atoms with Crippen LogP contribution in [-0.4, -0.2) is 94.8 Å². The van der Waals surface area contributed by atoms with Crippen LogP contribution in [0, 0.1) is 17.2 Å². The number of alkyl halides is 3. The molecule has 1 atom stereocenters. The van der Waals surface area contributed by atoms with Gasteiger partial charge in [-0.3, -0.25) is 39.2 Å². The number of rotatable bonds is 13. The second-order valence-electron chi connectivity index (χ2n) is 15.5. The van der Waals surface area contributed by atoms with E-state index in [1.807, 2.05) is 31.2 Å². The number of carbonyl (C=O) groups is 4. The van der Waals surface area contributed by atoms with Crippen molar-refractivity contribution in [3.8, 4) is 11.8 Å². The minimum atomic E-state index is -4.84. The average molecular weight is 850 g/mol. The Labute approximate surface area is 350 Å². The van der Waals surface area contributed by atoms with Crippen molar-refractivity contribution in [3.05, 3.63) is 81.6 Å². The number of aryl methyl sites for hydroxylation is 1. The minimum absolute atomic E-state index is 0.0477. The molecule has 1 aliphatic carbocycles. The highest BCUT2D eigenvalue weighted by Gasteiger charge is 2.60. The topological polar surface area (TPSA) is 139 Å². The monoisotopic (exact) mass is 849 g/mol. The van der Waals surface area contributed by atoms with E-state index >= 15 is 0 Å². The zero-order valence-electron chi connectivity index (χ0n) is 32.4. The van der Waals surface area contributed by atoms with Crippen molar-refractivity contribution in [2.75, 3.05) is 55.7 Å². The largest absolute Gasteiger partial charge is 0.492 e. The summed E-state index contributed by atoms with van der Waals surface area (Å²) in [6.07, 6.45) is 0.0448. The molecule has 7 rings (SSSR count). The molecular weight excluding hydrogens is 807 g/mol. The van der Waals surface area contributed by atoms with Crippen LogP contribution >= 0.6 is 23.8 Å². The Kier molecular flexibility index (Phi) is 12.4. The summed E-state index contributed by atoms with van der Waals surface area (Å²) in [5.41, 5.74) is 0.00961. The van der Waals surface area contributed by atoms with Gasteiger partial charge in [-0.05, 0) is 104 Å². The second-order valence-corrected chi connectivity index (χ2v) is 16.3. The van der Waals surface area contributed by atoms with Gasteiger partial charge >= 0.3 is 6.18 Å². The number of halogens is 4. The van der Waals surface area contributed by atoms with Crippen LogP contribution in [0.4, 0.5) is 24.5 Å². The van der Waals surface area contributed by atoms with E-state index in [9.17, 15) is 37.6 Å². The lowest BCUT2D eigenvalue weighted by molar-refractivity contribution is -0.138. The molecule has 4 fully saturated rings. The molecule has 4 aliphatic rings. The molecule has 4 heterocycles. The number of anilines is 2. The average Bonchev–Trinajstić information content (AvgIpc) is 3.42. The van der Waals surface area contributed by atoms with Gasteiger partial charge in [0.05, 0.1) is 24.0 Å². The van der Waals surface area contributed by atoms with Crippen molar-refractivity contribution in [1.82, 2.24) is 20.1 Å². The number of carbonyl (C=O) groups excluding carboxylic acids is 4. The number of Topliss-reactive ketones (excluding diaryl/α,β-unsaturated/α-hetero) is 1.